The minimum atomic E-state index is -3.39. The summed E-state index contributed by atoms with van der Waals surface area (Å²) in [5.41, 5.74) is 3.14. The van der Waals surface area contributed by atoms with Gasteiger partial charge in [0.2, 0.25) is 10.0 Å². The highest BCUT2D eigenvalue weighted by Gasteiger charge is 2.33. The van der Waals surface area contributed by atoms with Gasteiger partial charge in [-0.05, 0) is 35.7 Å². The van der Waals surface area contributed by atoms with E-state index in [4.69, 9.17) is 0 Å². The molecular formula is C21H25BrCl2N4O2S. The first-order valence-electron chi connectivity index (χ1n) is 9.42. The van der Waals surface area contributed by atoms with Crippen LogP contribution in [0.5, 0.6) is 0 Å². The summed E-state index contributed by atoms with van der Waals surface area (Å²) in [5, 5.41) is 0. The summed E-state index contributed by atoms with van der Waals surface area (Å²) in [6.07, 6.45) is 5.49. The number of aromatic amines is 1. The molecule has 1 aliphatic heterocycles. The van der Waals surface area contributed by atoms with Crippen molar-refractivity contribution in [2.75, 3.05) is 17.7 Å². The van der Waals surface area contributed by atoms with Crippen molar-refractivity contribution in [2.45, 2.75) is 25.6 Å². The minimum absolute atomic E-state index is 0. The largest absolute Gasteiger partial charge is 0.362 e. The van der Waals surface area contributed by atoms with Gasteiger partial charge in [0.1, 0.15) is 5.82 Å². The Labute approximate surface area is 204 Å². The molecular weight excluding hydrogens is 523 g/mol. The van der Waals surface area contributed by atoms with Crippen LogP contribution < -0.4 is 4.90 Å². The molecule has 2 aromatic carbocycles. The van der Waals surface area contributed by atoms with Gasteiger partial charge in [-0.2, -0.15) is 4.31 Å². The molecule has 0 fully saturated rings. The monoisotopic (exact) mass is 546 g/mol. The molecule has 3 aromatic rings. The fourth-order valence-electron chi connectivity index (χ4n) is 3.89. The first-order chi connectivity index (χ1) is 13.9. The van der Waals surface area contributed by atoms with Crippen LogP contribution in [0.15, 0.2) is 65.4 Å². The van der Waals surface area contributed by atoms with Crippen LogP contribution in [-0.4, -0.2) is 41.5 Å². The van der Waals surface area contributed by atoms with Gasteiger partial charge >= 0.3 is 0 Å². The van der Waals surface area contributed by atoms with Crippen LogP contribution in [0.25, 0.3) is 0 Å². The van der Waals surface area contributed by atoms with Crippen molar-refractivity contribution in [2.24, 2.45) is 0 Å². The molecule has 0 radical (unpaired) electrons. The van der Waals surface area contributed by atoms with Crippen LogP contribution in [-0.2, 0) is 29.5 Å². The smallest absolute Gasteiger partial charge is 0.211 e. The van der Waals surface area contributed by atoms with E-state index in [-0.39, 0.29) is 30.9 Å². The van der Waals surface area contributed by atoms with Crippen molar-refractivity contribution in [1.29, 1.82) is 0 Å². The van der Waals surface area contributed by atoms with Crippen molar-refractivity contribution in [3.05, 3.63) is 82.3 Å². The van der Waals surface area contributed by atoms with Gasteiger partial charge in [-0.25, -0.2) is 13.4 Å². The number of imidazole rings is 1. The molecule has 4 rings (SSSR count). The van der Waals surface area contributed by atoms with E-state index >= 15 is 0 Å². The van der Waals surface area contributed by atoms with E-state index in [1.54, 1.807) is 16.7 Å². The number of nitrogens with one attached hydrogen (secondary N) is 1. The second-order valence-corrected chi connectivity index (χ2v) is 10.2. The molecule has 31 heavy (non-hydrogen) atoms. The van der Waals surface area contributed by atoms with Crippen molar-refractivity contribution >= 4 is 56.5 Å². The molecule has 1 N–H and O–H groups in total. The number of anilines is 1. The van der Waals surface area contributed by atoms with Crippen molar-refractivity contribution in [1.82, 2.24) is 14.3 Å². The highest BCUT2D eigenvalue weighted by molar-refractivity contribution is 9.10. The summed E-state index contributed by atoms with van der Waals surface area (Å²) in [4.78, 5) is 9.75. The van der Waals surface area contributed by atoms with E-state index in [1.807, 2.05) is 48.5 Å². The Bertz CT molecular complexity index is 1080. The lowest BCUT2D eigenvalue weighted by Crippen LogP contribution is -2.45. The zero-order chi connectivity index (χ0) is 20.4. The predicted octanol–water partition coefficient (Wildman–Crippen LogP) is 4.41. The highest BCUT2D eigenvalue weighted by atomic mass is 79.9. The van der Waals surface area contributed by atoms with Crippen LogP contribution in [0.2, 0.25) is 0 Å². The molecule has 0 bridgehead atoms. The van der Waals surface area contributed by atoms with Gasteiger partial charge in [0, 0.05) is 41.7 Å². The zero-order valence-corrected chi connectivity index (χ0v) is 21.0. The molecule has 1 aromatic heterocycles. The van der Waals surface area contributed by atoms with Crippen molar-refractivity contribution < 1.29 is 8.42 Å². The molecule has 0 saturated heterocycles. The number of halogens is 3. The summed E-state index contributed by atoms with van der Waals surface area (Å²) < 4.78 is 28.0. The van der Waals surface area contributed by atoms with E-state index in [9.17, 15) is 8.42 Å². The second kappa shape index (κ2) is 10.8. The summed E-state index contributed by atoms with van der Waals surface area (Å²) in [6.45, 7) is 1.52. The van der Waals surface area contributed by atoms with Gasteiger partial charge in [-0.1, -0.05) is 46.3 Å². The number of fused-ring (bicyclic) bond motifs is 1. The minimum Gasteiger partial charge on any atom is -0.362 e. The Hall–Kier alpha value is -1.58. The third-order valence-corrected chi connectivity index (χ3v) is 6.95. The lowest BCUT2D eigenvalue weighted by molar-refractivity contribution is 0.320. The number of hydrogen-bond donors (Lipinski definition) is 1. The van der Waals surface area contributed by atoms with Gasteiger partial charge in [0.25, 0.3) is 0 Å². The molecule has 2 heterocycles. The Morgan fingerprint density at radius 1 is 1.16 bits per heavy atom. The van der Waals surface area contributed by atoms with Gasteiger partial charge in [0.05, 0.1) is 12.8 Å². The number of nitrogens with zero attached hydrogens (tertiary/aromatic N) is 3. The van der Waals surface area contributed by atoms with E-state index < -0.39 is 10.0 Å². The maximum absolute atomic E-state index is 12.7. The Balaban J connectivity index is 0.00000171. The topological polar surface area (TPSA) is 69.3 Å². The van der Waals surface area contributed by atoms with Gasteiger partial charge in [0.15, 0.2) is 0 Å². The van der Waals surface area contributed by atoms with E-state index in [0.717, 1.165) is 27.1 Å². The quantitative estimate of drug-likeness (QED) is 0.513. The Morgan fingerprint density at radius 3 is 2.55 bits per heavy atom. The van der Waals surface area contributed by atoms with Gasteiger partial charge in [-0.3, -0.25) is 0 Å². The lowest BCUT2D eigenvalue weighted by Gasteiger charge is -2.31. The molecule has 0 unspecified atom stereocenters. The van der Waals surface area contributed by atoms with Crippen LogP contribution in [0, 0.1) is 0 Å². The Morgan fingerprint density at radius 2 is 1.90 bits per heavy atom. The highest BCUT2D eigenvalue weighted by Crippen LogP contribution is 2.32. The summed E-state index contributed by atoms with van der Waals surface area (Å²) in [7, 11) is -3.39. The fraction of sp³-hybridized carbons (Fsp3) is 0.286. The van der Waals surface area contributed by atoms with Crippen LogP contribution in [0.1, 0.15) is 17.0 Å². The average molecular weight is 548 g/mol. The predicted molar refractivity (Wildman–Crippen MR) is 133 cm³/mol. The van der Waals surface area contributed by atoms with Crippen molar-refractivity contribution in [3.8, 4) is 0 Å². The number of aromatic nitrogens is 2. The summed E-state index contributed by atoms with van der Waals surface area (Å²) >= 11 is 3.53. The summed E-state index contributed by atoms with van der Waals surface area (Å²) in [5.74, 6) is 0.852. The third-order valence-electron chi connectivity index (χ3n) is 5.18. The maximum Gasteiger partial charge on any atom is 0.211 e. The van der Waals surface area contributed by atoms with Crippen LogP contribution in [0.4, 0.5) is 5.69 Å². The number of H-pyrrole nitrogens is 1. The SMILES string of the molecule is CS(=O)(=O)N1Cc2cc(Br)ccc2N(Cc2ncc[nH]2)C[C@H]1Cc1ccccc1.Cl.Cl. The molecule has 168 valence electrons. The maximum atomic E-state index is 12.7. The molecule has 10 heteroatoms. The molecule has 0 amide bonds. The zero-order valence-electron chi connectivity index (χ0n) is 16.9. The second-order valence-electron chi connectivity index (χ2n) is 7.34. The molecule has 0 aliphatic carbocycles. The molecule has 1 aliphatic rings. The summed E-state index contributed by atoms with van der Waals surface area (Å²) in [6, 6.07) is 15.9. The molecule has 0 spiro atoms. The first kappa shape index (κ1) is 25.7. The van der Waals surface area contributed by atoms with E-state index in [0.29, 0.717) is 26.1 Å². The number of sulfonamides is 1. The average Bonchev–Trinajstić information content (AvgIpc) is 3.13. The normalized spacial score (nSPS) is 16.6. The standard InChI is InChI=1S/C21H23BrN4O2S.2ClH/c1-29(27,28)26-13-17-12-18(22)7-8-20(17)25(15-21-23-9-10-24-21)14-19(26)11-16-5-3-2-4-6-16;;/h2-10,12,19H,11,13-15H2,1H3,(H,23,24);2*1H/t19-;;/m1../s1. The van der Waals surface area contributed by atoms with Crippen LogP contribution in [0.3, 0.4) is 0 Å². The third kappa shape index (κ3) is 6.23. The van der Waals surface area contributed by atoms with Crippen LogP contribution >= 0.6 is 40.7 Å². The van der Waals surface area contributed by atoms with Gasteiger partial charge in [-0.15, -0.1) is 24.8 Å². The number of rotatable bonds is 5. The fourth-order valence-corrected chi connectivity index (χ4v) is 5.35. The van der Waals surface area contributed by atoms with Gasteiger partial charge < -0.3 is 9.88 Å². The Kier molecular flexibility index (Phi) is 8.97. The first-order valence-corrected chi connectivity index (χ1v) is 12.1. The lowest BCUT2D eigenvalue weighted by atomic mass is 10.1. The molecule has 6 nitrogen and oxygen atoms in total. The van der Waals surface area contributed by atoms with Crippen molar-refractivity contribution in [3.63, 3.8) is 0 Å². The molecule has 0 saturated carbocycles. The number of benzene rings is 2. The van der Waals surface area contributed by atoms with E-state index in [2.05, 4.69) is 30.8 Å². The van der Waals surface area contributed by atoms with E-state index in [1.165, 1.54) is 6.26 Å². The number of hydrogen-bond acceptors (Lipinski definition) is 4. The molecule has 1 atom stereocenters.